The van der Waals surface area contributed by atoms with Crippen molar-refractivity contribution in [1.82, 2.24) is 9.97 Å². The van der Waals surface area contributed by atoms with Crippen molar-refractivity contribution in [1.29, 1.82) is 0 Å². The summed E-state index contributed by atoms with van der Waals surface area (Å²) >= 11 is 0. The van der Waals surface area contributed by atoms with Crippen molar-refractivity contribution in [3.05, 3.63) is 47.8 Å². The lowest BCUT2D eigenvalue weighted by Crippen LogP contribution is -2.22. The second-order valence-electron chi connectivity index (χ2n) is 4.64. The third kappa shape index (κ3) is 2.91. The van der Waals surface area contributed by atoms with Gasteiger partial charge in [-0.25, -0.2) is 9.97 Å². The highest BCUT2D eigenvalue weighted by Gasteiger charge is 2.33. The van der Waals surface area contributed by atoms with Crippen LogP contribution >= 0.6 is 0 Å². The first kappa shape index (κ1) is 13.7. The van der Waals surface area contributed by atoms with E-state index >= 15 is 0 Å². The smallest absolute Gasteiger partial charge is 0.433 e. The summed E-state index contributed by atoms with van der Waals surface area (Å²) in [6, 6.07) is 8.09. The van der Waals surface area contributed by atoms with Crippen LogP contribution in [0.25, 0.3) is 0 Å². The van der Waals surface area contributed by atoms with Crippen LogP contribution in [-0.2, 0) is 6.18 Å². The zero-order valence-corrected chi connectivity index (χ0v) is 10.9. The molecule has 1 aromatic heterocycles. The van der Waals surface area contributed by atoms with E-state index in [1.165, 1.54) is 0 Å². The summed E-state index contributed by atoms with van der Waals surface area (Å²) in [5.41, 5.74) is -0.0647. The molecule has 1 aromatic carbocycles. The molecule has 7 heteroatoms. The highest BCUT2D eigenvalue weighted by atomic mass is 19.4. The second kappa shape index (κ2) is 5.23. The Kier molecular flexibility index (Phi) is 3.40. The first-order chi connectivity index (χ1) is 10.0. The molecule has 0 fully saturated rings. The lowest BCUT2D eigenvalue weighted by Gasteiger charge is -2.26. The predicted molar refractivity (Wildman–Crippen MR) is 70.0 cm³/mol. The molecular weight excluding hydrogens is 283 g/mol. The number of anilines is 1. The number of alkyl halides is 3. The van der Waals surface area contributed by atoms with Crippen molar-refractivity contribution < 1.29 is 17.9 Å². The molecule has 110 valence electrons. The fraction of sp³-hybridized carbons (Fsp3) is 0.286. The molecule has 0 aliphatic carbocycles. The van der Waals surface area contributed by atoms with E-state index in [0.29, 0.717) is 13.0 Å². The van der Waals surface area contributed by atoms with E-state index in [9.17, 15) is 13.2 Å². The maximum atomic E-state index is 12.6. The third-order valence-corrected chi connectivity index (χ3v) is 3.21. The monoisotopic (exact) mass is 295 g/mol. The Hall–Kier alpha value is -2.31. The number of halogens is 3. The van der Waals surface area contributed by atoms with Gasteiger partial charge in [-0.15, -0.1) is 0 Å². The Bertz CT molecular complexity index is 645. The van der Waals surface area contributed by atoms with Crippen LogP contribution in [0.2, 0.25) is 0 Å². The van der Waals surface area contributed by atoms with Crippen LogP contribution in [0.3, 0.4) is 0 Å². The zero-order chi connectivity index (χ0) is 14.9. The normalized spacial score (nSPS) is 17.8. The van der Waals surface area contributed by atoms with Gasteiger partial charge in [-0.3, -0.25) is 0 Å². The van der Waals surface area contributed by atoms with Crippen LogP contribution in [0, 0.1) is 0 Å². The lowest BCUT2D eigenvalue weighted by molar-refractivity contribution is -0.141. The van der Waals surface area contributed by atoms with Gasteiger partial charge in [-0.2, -0.15) is 13.2 Å². The number of nitrogens with zero attached hydrogens (tertiary/aromatic N) is 2. The molecule has 0 amide bonds. The number of hydrogen-bond acceptors (Lipinski definition) is 4. The van der Waals surface area contributed by atoms with E-state index in [-0.39, 0.29) is 12.0 Å². The summed E-state index contributed by atoms with van der Waals surface area (Å²) in [6.45, 7) is 0.494. The SMILES string of the molecule is FC(F)(F)c1ccnc(NC2CCOc3ccccc32)n1. The number of fused-ring (bicyclic) bond motifs is 1. The van der Waals surface area contributed by atoms with Gasteiger partial charge in [0.15, 0.2) is 0 Å². The van der Waals surface area contributed by atoms with Crippen molar-refractivity contribution in [2.45, 2.75) is 18.6 Å². The molecule has 4 nitrogen and oxygen atoms in total. The van der Waals surface area contributed by atoms with Gasteiger partial charge < -0.3 is 10.1 Å². The molecular formula is C14H12F3N3O. The Balaban J connectivity index is 1.85. The van der Waals surface area contributed by atoms with Gasteiger partial charge in [-0.1, -0.05) is 18.2 Å². The average Bonchev–Trinajstić information content (AvgIpc) is 2.47. The number of nitrogens with one attached hydrogen (secondary N) is 1. The van der Waals surface area contributed by atoms with E-state index in [4.69, 9.17) is 4.74 Å². The molecule has 0 spiro atoms. The highest BCUT2D eigenvalue weighted by molar-refractivity contribution is 5.42. The summed E-state index contributed by atoms with van der Waals surface area (Å²) in [7, 11) is 0. The second-order valence-corrected chi connectivity index (χ2v) is 4.64. The van der Waals surface area contributed by atoms with Crippen LogP contribution in [0.5, 0.6) is 5.75 Å². The molecule has 0 saturated carbocycles. The van der Waals surface area contributed by atoms with Crippen molar-refractivity contribution in [3.8, 4) is 5.75 Å². The summed E-state index contributed by atoms with van der Waals surface area (Å²) in [4.78, 5) is 7.38. The van der Waals surface area contributed by atoms with E-state index in [0.717, 1.165) is 23.6 Å². The van der Waals surface area contributed by atoms with Crippen molar-refractivity contribution in [3.63, 3.8) is 0 Å². The fourth-order valence-corrected chi connectivity index (χ4v) is 2.23. The van der Waals surface area contributed by atoms with Crippen LogP contribution < -0.4 is 10.1 Å². The zero-order valence-electron chi connectivity index (χ0n) is 10.9. The summed E-state index contributed by atoms with van der Waals surface area (Å²) in [5, 5.41) is 2.95. The molecule has 1 aliphatic rings. The van der Waals surface area contributed by atoms with Gasteiger partial charge in [0.05, 0.1) is 12.6 Å². The molecule has 2 heterocycles. The lowest BCUT2D eigenvalue weighted by atomic mass is 10.0. The van der Waals surface area contributed by atoms with Gasteiger partial charge in [0.1, 0.15) is 11.4 Å². The van der Waals surface area contributed by atoms with Gasteiger partial charge in [0, 0.05) is 18.2 Å². The number of ether oxygens (including phenoxy) is 1. The molecule has 0 saturated heterocycles. The van der Waals surface area contributed by atoms with E-state index in [1.807, 2.05) is 24.3 Å². The van der Waals surface area contributed by atoms with Gasteiger partial charge in [0.25, 0.3) is 0 Å². The summed E-state index contributed by atoms with van der Waals surface area (Å²) in [6.07, 6.45) is -2.74. The molecule has 1 atom stereocenters. The maximum Gasteiger partial charge on any atom is 0.433 e. The van der Waals surface area contributed by atoms with Crippen molar-refractivity contribution in [2.75, 3.05) is 11.9 Å². The molecule has 1 unspecified atom stereocenters. The highest BCUT2D eigenvalue weighted by Crippen LogP contribution is 2.34. The van der Waals surface area contributed by atoms with Crippen LogP contribution in [-0.4, -0.2) is 16.6 Å². The number of benzene rings is 1. The quantitative estimate of drug-likeness (QED) is 0.922. The van der Waals surface area contributed by atoms with Crippen LogP contribution in [0.15, 0.2) is 36.5 Å². The van der Waals surface area contributed by atoms with E-state index < -0.39 is 11.9 Å². The largest absolute Gasteiger partial charge is 0.493 e. The Morgan fingerprint density at radius 2 is 2.00 bits per heavy atom. The van der Waals surface area contributed by atoms with Crippen molar-refractivity contribution >= 4 is 5.95 Å². The molecule has 21 heavy (non-hydrogen) atoms. The Morgan fingerprint density at radius 1 is 1.19 bits per heavy atom. The standard InChI is InChI=1S/C14H12F3N3O/c15-14(16,17)12-5-7-18-13(20-12)19-10-6-8-21-11-4-2-1-3-9(10)11/h1-5,7,10H,6,8H2,(H,18,19,20). The van der Waals surface area contributed by atoms with E-state index in [1.54, 1.807) is 0 Å². The predicted octanol–water partition coefficient (Wildman–Crippen LogP) is 3.43. The third-order valence-electron chi connectivity index (χ3n) is 3.21. The average molecular weight is 295 g/mol. The first-order valence-electron chi connectivity index (χ1n) is 6.42. The van der Waals surface area contributed by atoms with E-state index in [2.05, 4.69) is 15.3 Å². The Labute approximate surface area is 119 Å². The number of para-hydroxylation sites is 1. The van der Waals surface area contributed by atoms with Crippen molar-refractivity contribution in [2.24, 2.45) is 0 Å². The fourth-order valence-electron chi connectivity index (χ4n) is 2.23. The topological polar surface area (TPSA) is 47.0 Å². The number of rotatable bonds is 2. The Morgan fingerprint density at radius 3 is 2.81 bits per heavy atom. The van der Waals surface area contributed by atoms with Gasteiger partial charge in [0.2, 0.25) is 5.95 Å². The minimum atomic E-state index is -4.48. The molecule has 0 radical (unpaired) electrons. The summed E-state index contributed by atoms with van der Waals surface area (Å²) in [5.74, 6) is 0.694. The van der Waals surface area contributed by atoms with Gasteiger partial charge in [-0.05, 0) is 12.1 Å². The maximum absolute atomic E-state index is 12.6. The molecule has 1 aliphatic heterocycles. The number of hydrogen-bond donors (Lipinski definition) is 1. The summed E-state index contributed by atoms with van der Waals surface area (Å²) < 4.78 is 43.5. The molecule has 2 aromatic rings. The minimum Gasteiger partial charge on any atom is -0.493 e. The molecule has 3 rings (SSSR count). The van der Waals surface area contributed by atoms with Crippen LogP contribution in [0.4, 0.5) is 19.1 Å². The molecule has 0 bridgehead atoms. The van der Waals surface area contributed by atoms with Crippen LogP contribution in [0.1, 0.15) is 23.7 Å². The number of aromatic nitrogens is 2. The first-order valence-corrected chi connectivity index (χ1v) is 6.42. The minimum absolute atomic E-state index is 0.0356. The van der Waals surface area contributed by atoms with Gasteiger partial charge >= 0.3 is 6.18 Å². The molecule has 1 N–H and O–H groups in total.